The van der Waals surface area contributed by atoms with E-state index in [0.29, 0.717) is 32.5 Å². The van der Waals surface area contributed by atoms with Crippen LogP contribution in [0.25, 0.3) is 5.69 Å². The Morgan fingerprint density at radius 3 is 2.58 bits per heavy atom. The Kier molecular flexibility index (Phi) is 6.32. The predicted octanol–water partition coefficient (Wildman–Crippen LogP) is 5.01. The van der Waals surface area contributed by atoms with E-state index < -0.39 is 17.5 Å². The summed E-state index contributed by atoms with van der Waals surface area (Å²) >= 11 is 1.11. The third kappa shape index (κ3) is 4.98. The highest BCUT2D eigenvalue weighted by molar-refractivity contribution is 7.18. The molecule has 168 valence electrons. The van der Waals surface area contributed by atoms with Crippen molar-refractivity contribution >= 4 is 28.2 Å². The molecule has 2 heterocycles. The van der Waals surface area contributed by atoms with Gasteiger partial charge in [-0.3, -0.25) is 9.59 Å². The number of hydrogen-bond donors (Lipinski definition) is 2. The minimum atomic E-state index is -0.505. The minimum absolute atomic E-state index is 0.140. The SMILES string of the molecule is Cc1cc(NC(=O)c2cccc(F)c2)sc1C(=O)NCc1ccc(-n2ccnc2C)c(F)c1. The molecule has 0 aliphatic rings. The summed E-state index contributed by atoms with van der Waals surface area (Å²) in [5.41, 5.74) is 1.86. The highest BCUT2D eigenvalue weighted by atomic mass is 32.1. The molecule has 9 heteroatoms. The smallest absolute Gasteiger partial charge is 0.261 e. The third-order valence-electron chi connectivity index (χ3n) is 5.00. The number of imidazole rings is 1. The summed E-state index contributed by atoms with van der Waals surface area (Å²) < 4.78 is 29.6. The molecule has 0 aliphatic carbocycles. The van der Waals surface area contributed by atoms with Crippen molar-refractivity contribution in [2.45, 2.75) is 20.4 Å². The number of amides is 2. The number of halogens is 2. The maximum absolute atomic E-state index is 14.6. The minimum Gasteiger partial charge on any atom is -0.347 e. The van der Waals surface area contributed by atoms with Gasteiger partial charge in [0.1, 0.15) is 17.5 Å². The highest BCUT2D eigenvalue weighted by Gasteiger charge is 2.16. The van der Waals surface area contributed by atoms with Gasteiger partial charge in [-0.15, -0.1) is 11.3 Å². The maximum Gasteiger partial charge on any atom is 0.261 e. The highest BCUT2D eigenvalue weighted by Crippen LogP contribution is 2.27. The first-order valence-electron chi connectivity index (χ1n) is 10.1. The fourth-order valence-electron chi connectivity index (χ4n) is 3.33. The molecular weight excluding hydrogens is 446 g/mol. The summed E-state index contributed by atoms with van der Waals surface area (Å²) in [7, 11) is 0. The second-order valence-corrected chi connectivity index (χ2v) is 8.45. The fraction of sp³-hybridized carbons (Fsp3) is 0.125. The van der Waals surface area contributed by atoms with Crippen molar-refractivity contribution in [3.8, 4) is 5.69 Å². The van der Waals surface area contributed by atoms with E-state index >= 15 is 0 Å². The van der Waals surface area contributed by atoms with Crippen molar-refractivity contribution in [2.75, 3.05) is 5.32 Å². The van der Waals surface area contributed by atoms with E-state index in [0.717, 1.165) is 17.4 Å². The van der Waals surface area contributed by atoms with Crippen LogP contribution in [0.1, 0.15) is 37.0 Å². The molecular formula is C24H20F2N4O2S. The van der Waals surface area contributed by atoms with Gasteiger partial charge in [0.05, 0.1) is 15.6 Å². The topological polar surface area (TPSA) is 76.0 Å². The van der Waals surface area contributed by atoms with Crippen molar-refractivity contribution in [1.82, 2.24) is 14.9 Å². The Morgan fingerprint density at radius 1 is 1.06 bits per heavy atom. The van der Waals surface area contributed by atoms with Gasteiger partial charge in [0, 0.05) is 24.5 Å². The van der Waals surface area contributed by atoms with Gasteiger partial charge in [0.2, 0.25) is 0 Å². The number of nitrogens with zero attached hydrogens (tertiary/aromatic N) is 2. The zero-order valence-corrected chi connectivity index (χ0v) is 18.7. The number of anilines is 1. The van der Waals surface area contributed by atoms with E-state index in [1.54, 1.807) is 49.0 Å². The average Bonchev–Trinajstić information content (AvgIpc) is 3.37. The average molecular weight is 467 g/mol. The summed E-state index contributed by atoms with van der Waals surface area (Å²) in [6.07, 6.45) is 3.28. The number of thiophene rings is 1. The number of rotatable bonds is 6. The summed E-state index contributed by atoms with van der Waals surface area (Å²) in [6, 6.07) is 11.8. The lowest BCUT2D eigenvalue weighted by molar-refractivity contribution is 0.0953. The van der Waals surface area contributed by atoms with E-state index in [4.69, 9.17) is 0 Å². The summed E-state index contributed by atoms with van der Waals surface area (Å²) in [4.78, 5) is 29.5. The third-order valence-corrected chi connectivity index (χ3v) is 6.15. The molecule has 2 aromatic carbocycles. The lowest BCUT2D eigenvalue weighted by atomic mass is 10.2. The van der Waals surface area contributed by atoms with E-state index in [9.17, 15) is 18.4 Å². The van der Waals surface area contributed by atoms with Crippen molar-refractivity contribution in [2.24, 2.45) is 0 Å². The van der Waals surface area contributed by atoms with Gasteiger partial charge in [0.15, 0.2) is 0 Å². The number of carbonyl (C=O) groups excluding carboxylic acids is 2. The van der Waals surface area contributed by atoms with Crippen LogP contribution < -0.4 is 10.6 Å². The number of benzene rings is 2. The van der Waals surface area contributed by atoms with E-state index in [-0.39, 0.29) is 18.0 Å². The van der Waals surface area contributed by atoms with Crippen LogP contribution in [0.5, 0.6) is 0 Å². The molecule has 0 saturated heterocycles. The van der Waals surface area contributed by atoms with Crippen LogP contribution in [-0.4, -0.2) is 21.4 Å². The van der Waals surface area contributed by atoms with Crippen LogP contribution in [0.15, 0.2) is 60.9 Å². The molecule has 0 atom stereocenters. The first-order valence-corrected chi connectivity index (χ1v) is 10.9. The normalized spacial score (nSPS) is 10.8. The molecule has 0 saturated carbocycles. The number of aryl methyl sites for hydroxylation is 2. The Bertz CT molecular complexity index is 1350. The lowest BCUT2D eigenvalue weighted by Crippen LogP contribution is -2.22. The summed E-state index contributed by atoms with van der Waals surface area (Å²) in [5, 5.41) is 5.93. The first kappa shape index (κ1) is 22.3. The van der Waals surface area contributed by atoms with Gasteiger partial charge in [-0.25, -0.2) is 13.8 Å². The van der Waals surface area contributed by atoms with Crippen molar-refractivity contribution in [3.63, 3.8) is 0 Å². The molecule has 2 amide bonds. The van der Waals surface area contributed by atoms with E-state index in [1.807, 2.05) is 0 Å². The molecule has 0 spiro atoms. The molecule has 0 fully saturated rings. The van der Waals surface area contributed by atoms with E-state index in [1.165, 1.54) is 24.3 Å². The van der Waals surface area contributed by atoms with E-state index in [2.05, 4.69) is 15.6 Å². The zero-order chi connectivity index (χ0) is 23.5. The number of nitrogens with one attached hydrogen (secondary N) is 2. The van der Waals surface area contributed by atoms with Crippen LogP contribution in [0, 0.1) is 25.5 Å². The first-order chi connectivity index (χ1) is 15.8. The predicted molar refractivity (Wildman–Crippen MR) is 123 cm³/mol. The molecule has 2 N–H and O–H groups in total. The number of aromatic nitrogens is 2. The molecule has 0 unspecified atom stereocenters. The Balaban J connectivity index is 1.41. The molecule has 2 aromatic heterocycles. The van der Waals surface area contributed by atoms with Gasteiger partial charge in [-0.1, -0.05) is 12.1 Å². The zero-order valence-electron chi connectivity index (χ0n) is 17.9. The standard InChI is InChI=1S/C24H20F2N4O2S/c1-14-10-21(29-23(31)17-4-3-5-18(25)12-17)33-22(14)24(32)28-13-16-6-7-20(19(26)11-16)30-9-8-27-15(30)2/h3-12H,13H2,1-2H3,(H,28,32)(H,29,31). The quantitative estimate of drug-likeness (QED) is 0.419. The van der Waals surface area contributed by atoms with Crippen LogP contribution in [0.3, 0.4) is 0 Å². The van der Waals surface area contributed by atoms with Crippen LogP contribution in [-0.2, 0) is 6.54 Å². The van der Waals surface area contributed by atoms with Crippen LogP contribution >= 0.6 is 11.3 Å². The second kappa shape index (κ2) is 9.33. The monoisotopic (exact) mass is 466 g/mol. The molecule has 4 rings (SSSR count). The second-order valence-electron chi connectivity index (χ2n) is 7.40. The lowest BCUT2D eigenvalue weighted by Gasteiger charge is -2.09. The largest absolute Gasteiger partial charge is 0.347 e. The van der Waals surface area contributed by atoms with Crippen molar-refractivity contribution < 1.29 is 18.4 Å². The van der Waals surface area contributed by atoms with Crippen molar-refractivity contribution in [3.05, 3.63) is 100.0 Å². The molecule has 0 radical (unpaired) electrons. The summed E-state index contributed by atoms with van der Waals surface area (Å²) in [6.45, 7) is 3.68. The van der Waals surface area contributed by atoms with Gasteiger partial charge in [-0.05, 0) is 61.4 Å². The molecule has 33 heavy (non-hydrogen) atoms. The molecule has 0 bridgehead atoms. The van der Waals surface area contributed by atoms with Gasteiger partial charge < -0.3 is 15.2 Å². The van der Waals surface area contributed by atoms with Crippen LogP contribution in [0.2, 0.25) is 0 Å². The Labute approximate surface area is 192 Å². The Hall–Kier alpha value is -3.85. The summed E-state index contributed by atoms with van der Waals surface area (Å²) in [5.74, 6) is -1.05. The molecule has 0 aliphatic heterocycles. The molecule has 6 nitrogen and oxygen atoms in total. The fourth-order valence-corrected chi connectivity index (χ4v) is 4.32. The van der Waals surface area contributed by atoms with Crippen LogP contribution in [0.4, 0.5) is 13.8 Å². The van der Waals surface area contributed by atoms with Crippen molar-refractivity contribution in [1.29, 1.82) is 0 Å². The molecule has 4 aromatic rings. The van der Waals surface area contributed by atoms with Gasteiger partial charge in [0.25, 0.3) is 11.8 Å². The number of hydrogen-bond acceptors (Lipinski definition) is 4. The van der Waals surface area contributed by atoms with Gasteiger partial charge in [-0.2, -0.15) is 0 Å². The number of carbonyl (C=O) groups is 2. The van der Waals surface area contributed by atoms with Gasteiger partial charge >= 0.3 is 0 Å². The maximum atomic E-state index is 14.6. The Morgan fingerprint density at radius 2 is 1.88 bits per heavy atom.